The van der Waals surface area contributed by atoms with Gasteiger partial charge in [-0.2, -0.15) is 0 Å². The van der Waals surface area contributed by atoms with Crippen molar-refractivity contribution in [1.29, 1.82) is 0 Å². The summed E-state index contributed by atoms with van der Waals surface area (Å²) < 4.78 is 1.00. The molecule has 0 atom stereocenters. The van der Waals surface area contributed by atoms with E-state index in [2.05, 4.69) is 22.4 Å². The first-order valence-corrected chi connectivity index (χ1v) is 8.89. The van der Waals surface area contributed by atoms with Gasteiger partial charge in [0.15, 0.2) is 4.34 Å². The lowest BCUT2D eigenvalue weighted by molar-refractivity contribution is 0.894. The zero-order valence-corrected chi connectivity index (χ0v) is 14.2. The second kappa shape index (κ2) is 8.08. The fraction of sp³-hybridized carbons (Fsp3) is 0.385. The Hall–Kier alpha value is -0.490. The fourth-order valence-electron chi connectivity index (χ4n) is 1.48. The number of thioether (sulfide) groups is 1. The lowest BCUT2D eigenvalue weighted by atomic mass is 10.2. The van der Waals surface area contributed by atoms with Gasteiger partial charge in [-0.25, -0.2) is 0 Å². The van der Waals surface area contributed by atoms with E-state index in [1.54, 1.807) is 29.2 Å². The summed E-state index contributed by atoms with van der Waals surface area (Å²) in [5.74, 6) is 1.09. The van der Waals surface area contributed by atoms with Crippen LogP contribution >= 0.6 is 46.3 Å². The molecule has 1 aromatic carbocycles. The third-order valence-electron chi connectivity index (χ3n) is 2.58. The minimum absolute atomic E-state index is 0.615. The van der Waals surface area contributed by atoms with Gasteiger partial charge >= 0.3 is 0 Å². The van der Waals surface area contributed by atoms with Gasteiger partial charge in [-0.3, -0.25) is 0 Å². The second-order valence-electron chi connectivity index (χ2n) is 4.16. The summed E-state index contributed by atoms with van der Waals surface area (Å²) in [7, 11) is 0. The van der Waals surface area contributed by atoms with E-state index in [0.29, 0.717) is 16.6 Å². The van der Waals surface area contributed by atoms with Crippen LogP contribution in [-0.2, 0) is 6.54 Å². The van der Waals surface area contributed by atoms with Crippen LogP contribution in [0.2, 0.25) is 10.0 Å². The predicted molar refractivity (Wildman–Crippen MR) is 89.3 cm³/mol. The molecule has 3 nitrogen and oxygen atoms in total. The molecule has 0 unspecified atom stereocenters. The number of hydrogen-bond donors (Lipinski definition) is 1. The monoisotopic (exact) mass is 347 g/mol. The molecule has 2 aromatic rings. The van der Waals surface area contributed by atoms with Crippen molar-refractivity contribution < 1.29 is 0 Å². The molecule has 0 aliphatic heterocycles. The van der Waals surface area contributed by atoms with Gasteiger partial charge in [0, 0.05) is 22.3 Å². The Balaban J connectivity index is 1.87. The van der Waals surface area contributed by atoms with Crippen LogP contribution in [-0.4, -0.2) is 16.0 Å². The van der Waals surface area contributed by atoms with E-state index >= 15 is 0 Å². The second-order valence-corrected chi connectivity index (χ2v) is 7.33. The Bertz CT molecular complexity index is 560. The van der Waals surface area contributed by atoms with Gasteiger partial charge in [-0.15, -0.1) is 10.2 Å². The van der Waals surface area contributed by atoms with E-state index in [4.69, 9.17) is 23.2 Å². The van der Waals surface area contributed by atoms with Crippen LogP contribution in [0.3, 0.4) is 0 Å². The molecule has 0 aliphatic carbocycles. The lowest BCUT2D eigenvalue weighted by Crippen LogP contribution is -1.99. The molecule has 0 saturated heterocycles. The molecule has 2 rings (SSSR count). The normalized spacial score (nSPS) is 10.8. The number of halogens is 2. The molecule has 108 valence electrons. The third kappa shape index (κ3) is 4.81. The number of nitrogens with zero attached hydrogens (tertiary/aromatic N) is 2. The number of benzene rings is 1. The molecule has 20 heavy (non-hydrogen) atoms. The molecular weight excluding hydrogens is 333 g/mol. The van der Waals surface area contributed by atoms with Crippen LogP contribution in [0.25, 0.3) is 0 Å². The van der Waals surface area contributed by atoms with Crippen LogP contribution < -0.4 is 5.32 Å². The summed E-state index contributed by atoms with van der Waals surface area (Å²) in [6.07, 6.45) is 2.40. The zero-order valence-electron chi connectivity index (χ0n) is 11.0. The lowest BCUT2D eigenvalue weighted by Gasteiger charge is -2.05. The van der Waals surface area contributed by atoms with Crippen molar-refractivity contribution in [2.45, 2.75) is 30.6 Å². The Morgan fingerprint density at radius 1 is 1.30 bits per heavy atom. The van der Waals surface area contributed by atoms with Crippen molar-refractivity contribution in [3.8, 4) is 0 Å². The molecule has 0 spiro atoms. The van der Waals surface area contributed by atoms with Crippen LogP contribution in [0.4, 0.5) is 5.13 Å². The molecule has 0 saturated carbocycles. The molecule has 0 amide bonds. The van der Waals surface area contributed by atoms with E-state index in [0.717, 1.165) is 20.8 Å². The largest absolute Gasteiger partial charge is 0.356 e. The first-order valence-electron chi connectivity index (χ1n) is 6.33. The maximum absolute atomic E-state index is 6.12. The topological polar surface area (TPSA) is 37.8 Å². The van der Waals surface area contributed by atoms with E-state index in [-0.39, 0.29) is 0 Å². The van der Waals surface area contributed by atoms with Gasteiger partial charge in [0.1, 0.15) is 0 Å². The Morgan fingerprint density at radius 2 is 2.15 bits per heavy atom. The molecular formula is C13H15Cl2N3S2. The molecule has 1 heterocycles. The van der Waals surface area contributed by atoms with E-state index < -0.39 is 0 Å². The minimum atomic E-state index is 0.615. The van der Waals surface area contributed by atoms with Crippen LogP contribution in [0, 0.1) is 0 Å². The smallest absolute Gasteiger partial charge is 0.206 e. The van der Waals surface area contributed by atoms with E-state index in [9.17, 15) is 0 Å². The highest BCUT2D eigenvalue weighted by atomic mass is 35.5. The average Bonchev–Trinajstić information content (AvgIpc) is 2.86. The van der Waals surface area contributed by atoms with Crippen molar-refractivity contribution in [1.82, 2.24) is 10.2 Å². The Morgan fingerprint density at radius 3 is 2.90 bits per heavy atom. The zero-order chi connectivity index (χ0) is 14.4. The third-order valence-corrected chi connectivity index (χ3v) is 5.26. The quantitative estimate of drug-likeness (QED) is 0.541. The van der Waals surface area contributed by atoms with Crippen molar-refractivity contribution in [2.75, 3.05) is 11.1 Å². The van der Waals surface area contributed by atoms with Gasteiger partial charge < -0.3 is 5.32 Å². The maximum Gasteiger partial charge on any atom is 0.206 e. The highest BCUT2D eigenvalue weighted by Crippen LogP contribution is 2.27. The molecule has 0 bridgehead atoms. The van der Waals surface area contributed by atoms with Crippen molar-refractivity contribution in [3.63, 3.8) is 0 Å². The van der Waals surface area contributed by atoms with Gasteiger partial charge in [-0.1, -0.05) is 65.7 Å². The van der Waals surface area contributed by atoms with Gasteiger partial charge in [0.25, 0.3) is 0 Å². The standard InChI is InChI=1S/C13H15Cl2N3S2/c1-2-3-6-19-13-18-17-12(20-13)16-8-9-4-5-10(14)7-11(9)15/h4-5,7H,2-3,6,8H2,1H3,(H,16,17). The number of aromatic nitrogens is 2. The molecule has 0 aliphatic rings. The molecule has 7 heteroatoms. The number of anilines is 1. The predicted octanol–water partition coefficient (Wildman–Crippen LogP) is 5.35. The van der Waals surface area contributed by atoms with Crippen molar-refractivity contribution in [3.05, 3.63) is 33.8 Å². The van der Waals surface area contributed by atoms with Gasteiger partial charge in [0.05, 0.1) is 0 Å². The SMILES string of the molecule is CCCCSc1nnc(NCc2ccc(Cl)cc2Cl)s1. The average molecular weight is 348 g/mol. The molecule has 0 fully saturated rings. The number of rotatable bonds is 7. The minimum Gasteiger partial charge on any atom is -0.356 e. The highest BCUT2D eigenvalue weighted by molar-refractivity contribution is 8.01. The highest BCUT2D eigenvalue weighted by Gasteiger charge is 2.06. The summed E-state index contributed by atoms with van der Waals surface area (Å²) in [4.78, 5) is 0. The Labute approximate surface area is 137 Å². The Kier molecular flexibility index (Phi) is 6.42. The fourth-order valence-corrected chi connectivity index (χ4v) is 3.86. The van der Waals surface area contributed by atoms with Gasteiger partial charge in [0.2, 0.25) is 5.13 Å². The number of hydrogen-bond acceptors (Lipinski definition) is 5. The molecule has 1 aromatic heterocycles. The summed E-state index contributed by atoms with van der Waals surface area (Å²) in [5.41, 5.74) is 0.992. The first kappa shape index (κ1) is 15.9. The van der Waals surface area contributed by atoms with Gasteiger partial charge in [-0.05, 0) is 24.1 Å². The van der Waals surface area contributed by atoms with Crippen LogP contribution in [0.5, 0.6) is 0 Å². The summed E-state index contributed by atoms with van der Waals surface area (Å²) in [5, 5.41) is 13.6. The molecule has 1 N–H and O–H groups in total. The first-order chi connectivity index (χ1) is 9.69. The summed E-state index contributed by atoms with van der Waals surface area (Å²) in [6.45, 7) is 2.80. The summed E-state index contributed by atoms with van der Waals surface area (Å²) >= 11 is 15.3. The maximum atomic E-state index is 6.12. The van der Waals surface area contributed by atoms with Crippen LogP contribution in [0.15, 0.2) is 22.5 Å². The number of unbranched alkanes of at least 4 members (excludes halogenated alkanes) is 1. The van der Waals surface area contributed by atoms with Crippen LogP contribution in [0.1, 0.15) is 25.3 Å². The number of nitrogens with one attached hydrogen (secondary N) is 1. The van der Waals surface area contributed by atoms with E-state index in [1.807, 2.05) is 12.1 Å². The summed E-state index contributed by atoms with van der Waals surface area (Å²) in [6, 6.07) is 5.48. The van der Waals surface area contributed by atoms with Crippen molar-refractivity contribution in [2.24, 2.45) is 0 Å². The van der Waals surface area contributed by atoms with Crippen molar-refractivity contribution >= 4 is 51.4 Å². The van der Waals surface area contributed by atoms with E-state index in [1.165, 1.54) is 12.8 Å². The molecule has 0 radical (unpaired) electrons.